The molecular formula is C15H21NO. The van der Waals surface area contributed by atoms with Gasteiger partial charge in [-0.3, -0.25) is 4.79 Å². The molecule has 0 aliphatic rings. The standard InChI is InChI=1S/C15H21NO/c1-11(2)10-15(17)16(5)13(4)14-8-6-12(3)7-9-14/h6-10,13H,1-5H3. The van der Waals surface area contributed by atoms with Gasteiger partial charge in [0.15, 0.2) is 0 Å². The normalized spacial score (nSPS) is 11.8. The third-order valence-corrected chi connectivity index (χ3v) is 2.90. The summed E-state index contributed by atoms with van der Waals surface area (Å²) in [5, 5.41) is 0. The van der Waals surface area contributed by atoms with E-state index in [-0.39, 0.29) is 11.9 Å². The van der Waals surface area contributed by atoms with E-state index in [0.29, 0.717) is 0 Å². The summed E-state index contributed by atoms with van der Waals surface area (Å²) < 4.78 is 0. The maximum atomic E-state index is 11.9. The highest BCUT2D eigenvalue weighted by Gasteiger charge is 2.15. The fraction of sp³-hybridized carbons (Fsp3) is 0.400. The second kappa shape index (κ2) is 5.67. The topological polar surface area (TPSA) is 20.3 Å². The molecule has 0 heterocycles. The van der Waals surface area contributed by atoms with Crippen LogP contribution in [-0.4, -0.2) is 17.9 Å². The van der Waals surface area contributed by atoms with E-state index < -0.39 is 0 Å². The number of aryl methyl sites for hydroxylation is 1. The highest BCUT2D eigenvalue weighted by atomic mass is 16.2. The van der Waals surface area contributed by atoms with E-state index in [1.807, 2.05) is 27.8 Å². The van der Waals surface area contributed by atoms with Gasteiger partial charge < -0.3 is 4.90 Å². The molecule has 1 atom stereocenters. The summed E-state index contributed by atoms with van der Waals surface area (Å²) in [7, 11) is 1.84. The molecule has 0 saturated carbocycles. The third-order valence-electron chi connectivity index (χ3n) is 2.90. The lowest BCUT2D eigenvalue weighted by atomic mass is 10.1. The quantitative estimate of drug-likeness (QED) is 0.729. The molecule has 0 saturated heterocycles. The molecule has 0 aromatic heterocycles. The monoisotopic (exact) mass is 231 g/mol. The van der Waals surface area contributed by atoms with Crippen LogP contribution in [0, 0.1) is 6.92 Å². The first-order valence-corrected chi connectivity index (χ1v) is 5.90. The van der Waals surface area contributed by atoms with Crippen LogP contribution in [0.15, 0.2) is 35.9 Å². The van der Waals surface area contributed by atoms with Crippen LogP contribution in [0.5, 0.6) is 0 Å². The molecule has 0 N–H and O–H groups in total. The SMILES string of the molecule is CC(C)=CC(=O)N(C)C(C)c1ccc(C)cc1. The molecule has 1 aromatic rings. The minimum Gasteiger partial charge on any atom is -0.335 e. The zero-order valence-corrected chi connectivity index (χ0v) is 11.3. The summed E-state index contributed by atoms with van der Waals surface area (Å²) in [6.45, 7) is 7.97. The van der Waals surface area contributed by atoms with E-state index >= 15 is 0 Å². The van der Waals surface area contributed by atoms with Crippen LogP contribution >= 0.6 is 0 Å². The molecule has 0 fully saturated rings. The van der Waals surface area contributed by atoms with Crippen LogP contribution in [0.1, 0.15) is 37.9 Å². The van der Waals surface area contributed by atoms with Crippen molar-refractivity contribution < 1.29 is 4.79 Å². The van der Waals surface area contributed by atoms with Crippen LogP contribution in [0.3, 0.4) is 0 Å². The molecular weight excluding hydrogens is 210 g/mol. The second-order valence-corrected chi connectivity index (χ2v) is 4.76. The van der Waals surface area contributed by atoms with Gasteiger partial charge in [-0.2, -0.15) is 0 Å². The summed E-state index contributed by atoms with van der Waals surface area (Å²) >= 11 is 0. The van der Waals surface area contributed by atoms with E-state index in [0.717, 1.165) is 11.1 Å². The van der Waals surface area contributed by atoms with E-state index in [1.54, 1.807) is 11.0 Å². The van der Waals surface area contributed by atoms with Crippen LogP contribution < -0.4 is 0 Å². The van der Waals surface area contributed by atoms with Gasteiger partial charge in [-0.05, 0) is 33.3 Å². The van der Waals surface area contributed by atoms with E-state index in [2.05, 4.69) is 31.2 Å². The van der Waals surface area contributed by atoms with Gasteiger partial charge in [-0.15, -0.1) is 0 Å². The molecule has 0 bridgehead atoms. The zero-order valence-electron chi connectivity index (χ0n) is 11.3. The number of carbonyl (C=O) groups is 1. The smallest absolute Gasteiger partial charge is 0.246 e. The molecule has 17 heavy (non-hydrogen) atoms. The molecule has 1 aromatic carbocycles. The fourth-order valence-electron chi connectivity index (χ4n) is 1.61. The number of allylic oxidation sites excluding steroid dienone is 1. The number of hydrogen-bond donors (Lipinski definition) is 0. The Morgan fingerprint density at radius 2 is 1.76 bits per heavy atom. The Morgan fingerprint density at radius 3 is 2.24 bits per heavy atom. The Balaban J connectivity index is 2.82. The lowest BCUT2D eigenvalue weighted by Gasteiger charge is -2.24. The number of rotatable bonds is 3. The van der Waals surface area contributed by atoms with Crippen molar-refractivity contribution >= 4 is 5.91 Å². The van der Waals surface area contributed by atoms with Crippen LogP contribution in [0.4, 0.5) is 0 Å². The van der Waals surface area contributed by atoms with Gasteiger partial charge in [0.25, 0.3) is 0 Å². The Kier molecular flexibility index (Phi) is 4.50. The van der Waals surface area contributed by atoms with Crippen molar-refractivity contribution in [1.82, 2.24) is 4.90 Å². The van der Waals surface area contributed by atoms with Crippen LogP contribution in [0.25, 0.3) is 0 Å². The Bertz CT molecular complexity index is 413. The van der Waals surface area contributed by atoms with Crippen molar-refractivity contribution in [1.29, 1.82) is 0 Å². The van der Waals surface area contributed by atoms with Crippen molar-refractivity contribution in [3.05, 3.63) is 47.0 Å². The summed E-state index contributed by atoms with van der Waals surface area (Å²) in [5.74, 6) is 0.0538. The number of likely N-dealkylation sites (N-methyl/N-ethyl adjacent to an activating group) is 1. The first kappa shape index (κ1) is 13.5. The number of amides is 1. The van der Waals surface area contributed by atoms with Crippen molar-refractivity contribution in [2.24, 2.45) is 0 Å². The summed E-state index contributed by atoms with van der Waals surface area (Å²) in [5.41, 5.74) is 3.42. The number of hydrogen-bond acceptors (Lipinski definition) is 1. The van der Waals surface area contributed by atoms with Gasteiger partial charge in [0, 0.05) is 13.1 Å². The molecule has 1 unspecified atom stereocenters. The molecule has 0 spiro atoms. The van der Waals surface area contributed by atoms with Crippen LogP contribution in [-0.2, 0) is 4.79 Å². The van der Waals surface area contributed by atoms with Gasteiger partial charge in [0.2, 0.25) is 5.91 Å². The van der Waals surface area contributed by atoms with Crippen LogP contribution in [0.2, 0.25) is 0 Å². The zero-order chi connectivity index (χ0) is 13.0. The molecule has 0 aliphatic carbocycles. The van der Waals surface area contributed by atoms with E-state index in [4.69, 9.17) is 0 Å². The molecule has 0 aliphatic heterocycles. The maximum absolute atomic E-state index is 11.9. The first-order valence-electron chi connectivity index (χ1n) is 5.90. The molecule has 2 heteroatoms. The van der Waals surface area contributed by atoms with Gasteiger partial charge in [0.05, 0.1) is 6.04 Å². The van der Waals surface area contributed by atoms with Crippen molar-refractivity contribution in [3.8, 4) is 0 Å². The molecule has 0 radical (unpaired) electrons. The van der Waals surface area contributed by atoms with Gasteiger partial charge in [-0.1, -0.05) is 35.4 Å². The lowest BCUT2D eigenvalue weighted by Crippen LogP contribution is -2.28. The molecule has 1 rings (SSSR count). The minimum absolute atomic E-state index is 0.0538. The lowest BCUT2D eigenvalue weighted by molar-refractivity contribution is -0.126. The summed E-state index contributed by atoms with van der Waals surface area (Å²) in [4.78, 5) is 13.6. The summed E-state index contributed by atoms with van der Waals surface area (Å²) in [6, 6.07) is 8.40. The number of nitrogens with zero attached hydrogens (tertiary/aromatic N) is 1. The number of carbonyl (C=O) groups excluding carboxylic acids is 1. The predicted molar refractivity (Wildman–Crippen MR) is 71.8 cm³/mol. The van der Waals surface area contributed by atoms with Gasteiger partial charge >= 0.3 is 0 Å². The third kappa shape index (κ3) is 3.74. The van der Waals surface area contributed by atoms with Gasteiger partial charge in [-0.25, -0.2) is 0 Å². The molecule has 1 amide bonds. The van der Waals surface area contributed by atoms with Gasteiger partial charge in [0.1, 0.15) is 0 Å². The fourth-order valence-corrected chi connectivity index (χ4v) is 1.61. The largest absolute Gasteiger partial charge is 0.335 e. The highest BCUT2D eigenvalue weighted by molar-refractivity contribution is 5.88. The maximum Gasteiger partial charge on any atom is 0.246 e. The van der Waals surface area contributed by atoms with Crippen molar-refractivity contribution in [3.63, 3.8) is 0 Å². The Morgan fingerprint density at radius 1 is 1.24 bits per heavy atom. The minimum atomic E-state index is 0.0538. The predicted octanol–water partition coefficient (Wildman–Crippen LogP) is 3.48. The average molecular weight is 231 g/mol. The highest BCUT2D eigenvalue weighted by Crippen LogP contribution is 2.19. The van der Waals surface area contributed by atoms with E-state index in [9.17, 15) is 4.79 Å². The molecule has 92 valence electrons. The molecule has 2 nitrogen and oxygen atoms in total. The summed E-state index contributed by atoms with van der Waals surface area (Å²) in [6.07, 6.45) is 1.67. The van der Waals surface area contributed by atoms with Crippen molar-refractivity contribution in [2.45, 2.75) is 33.7 Å². The Hall–Kier alpha value is -1.57. The number of benzene rings is 1. The Labute approximate surface area is 104 Å². The van der Waals surface area contributed by atoms with E-state index in [1.165, 1.54) is 5.56 Å². The second-order valence-electron chi connectivity index (χ2n) is 4.76. The average Bonchev–Trinajstić information content (AvgIpc) is 2.27. The first-order chi connectivity index (χ1) is 7.91. The van der Waals surface area contributed by atoms with Crippen molar-refractivity contribution in [2.75, 3.05) is 7.05 Å².